The van der Waals surface area contributed by atoms with Gasteiger partial charge in [0.15, 0.2) is 0 Å². The van der Waals surface area contributed by atoms with Gasteiger partial charge in [0.2, 0.25) is 6.54 Å². The summed E-state index contributed by atoms with van der Waals surface area (Å²) in [5.74, 6) is -0.455. The van der Waals surface area contributed by atoms with Gasteiger partial charge in [0.05, 0.1) is 5.92 Å². The first-order valence-corrected chi connectivity index (χ1v) is 7.82. The van der Waals surface area contributed by atoms with Crippen LogP contribution in [0.1, 0.15) is 34.9 Å². The molecule has 0 heterocycles. The van der Waals surface area contributed by atoms with Gasteiger partial charge in [0.1, 0.15) is 5.78 Å². The third-order valence-corrected chi connectivity index (χ3v) is 4.74. The Labute approximate surface area is 135 Å². The molecule has 0 unspecified atom stereocenters. The van der Waals surface area contributed by atoms with E-state index in [1.165, 1.54) is 5.56 Å². The molecule has 0 aromatic heterocycles. The first kappa shape index (κ1) is 15.4. The summed E-state index contributed by atoms with van der Waals surface area (Å²) >= 11 is 0. The average Bonchev–Trinajstić information content (AvgIpc) is 2.53. The highest BCUT2D eigenvalue weighted by molar-refractivity contribution is 5.90. The summed E-state index contributed by atoms with van der Waals surface area (Å²) in [6, 6.07) is 17.5. The Morgan fingerprint density at radius 2 is 1.78 bits per heavy atom. The van der Waals surface area contributed by atoms with E-state index >= 15 is 0 Å². The Hall–Kier alpha value is -2.49. The molecule has 4 nitrogen and oxygen atoms in total. The van der Waals surface area contributed by atoms with Crippen LogP contribution in [-0.2, 0) is 4.79 Å². The Morgan fingerprint density at radius 1 is 1.13 bits per heavy atom. The molecule has 1 aliphatic carbocycles. The Morgan fingerprint density at radius 3 is 2.35 bits per heavy atom. The number of carbonyl (C=O) groups is 1. The maximum Gasteiger partial charge on any atom is 0.211 e. The van der Waals surface area contributed by atoms with Crippen molar-refractivity contribution in [2.24, 2.45) is 5.92 Å². The minimum atomic E-state index is -0.362. The Kier molecular flexibility index (Phi) is 4.24. The highest BCUT2D eigenvalue weighted by Gasteiger charge is 2.47. The first-order chi connectivity index (χ1) is 11.1. The topological polar surface area (TPSA) is 60.2 Å². The molecule has 0 amide bonds. The number of nitro groups is 1. The highest BCUT2D eigenvalue weighted by atomic mass is 16.6. The van der Waals surface area contributed by atoms with Crippen molar-refractivity contribution >= 4 is 5.78 Å². The lowest BCUT2D eigenvalue weighted by atomic mass is 9.62. The van der Waals surface area contributed by atoms with Crippen LogP contribution in [0, 0.1) is 23.0 Å². The summed E-state index contributed by atoms with van der Waals surface area (Å²) in [7, 11) is 0. The van der Waals surface area contributed by atoms with Crippen molar-refractivity contribution in [2.45, 2.75) is 25.2 Å². The van der Waals surface area contributed by atoms with Crippen LogP contribution in [0.15, 0.2) is 54.6 Å². The van der Waals surface area contributed by atoms with Gasteiger partial charge in [-0.05, 0) is 18.1 Å². The number of carbonyl (C=O) groups excluding carboxylic acids is 1. The van der Waals surface area contributed by atoms with Gasteiger partial charge >= 0.3 is 0 Å². The molecule has 118 valence electrons. The molecule has 4 heteroatoms. The Bertz CT molecular complexity index is 709. The van der Waals surface area contributed by atoms with Gasteiger partial charge in [-0.3, -0.25) is 14.9 Å². The summed E-state index contributed by atoms with van der Waals surface area (Å²) in [4.78, 5) is 23.1. The van der Waals surface area contributed by atoms with E-state index in [2.05, 4.69) is 0 Å². The standard InChI is InChI=1S/C19H19NO3/c1-13-7-9-15(10-8-13)16-11-18(21)19(16)17(12-20(22)23)14-5-3-2-4-6-14/h2-10,16-17,19H,11-12H2,1H3/t16-,17+,19+/m0/s1. The number of aryl methyl sites for hydroxylation is 1. The quantitative estimate of drug-likeness (QED) is 0.624. The minimum absolute atomic E-state index is 0.0771. The predicted molar refractivity (Wildman–Crippen MR) is 88.1 cm³/mol. The molecular weight excluding hydrogens is 290 g/mol. The Balaban J connectivity index is 1.92. The highest BCUT2D eigenvalue weighted by Crippen LogP contribution is 2.47. The number of nitrogens with zero attached hydrogens (tertiary/aromatic N) is 1. The van der Waals surface area contributed by atoms with Gasteiger partial charge in [0.25, 0.3) is 0 Å². The van der Waals surface area contributed by atoms with Crippen LogP contribution < -0.4 is 0 Å². The summed E-state index contributed by atoms with van der Waals surface area (Å²) in [5, 5.41) is 11.1. The third-order valence-electron chi connectivity index (χ3n) is 4.74. The number of hydrogen-bond acceptors (Lipinski definition) is 3. The zero-order chi connectivity index (χ0) is 16.4. The van der Waals surface area contributed by atoms with Crippen LogP contribution in [0.25, 0.3) is 0 Å². The van der Waals surface area contributed by atoms with Gasteiger partial charge in [0, 0.05) is 23.2 Å². The van der Waals surface area contributed by atoms with Crippen LogP contribution in [0.3, 0.4) is 0 Å². The first-order valence-electron chi connectivity index (χ1n) is 7.82. The molecule has 1 fully saturated rings. The SMILES string of the molecule is Cc1ccc([C@@H]2CC(=O)[C@H]2[C@H](C[N+](=O)[O-])c2ccccc2)cc1. The van der Waals surface area contributed by atoms with Crippen LogP contribution in [0.2, 0.25) is 0 Å². The van der Waals surface area contributed by atoms with Gasteiger partial charge in [-0.2, -0.15) is 0 Å². The molecule has 0 N–H and O–H groups in total. The van der Waals surface area contributed by atoms with Crippen molar-refractivity contribution in [1.29, 1.82) is 0 Å². The molecule has 1 saturated carbocycles. The molecule has 0 spiro atoms. The van der Waals surface area contributed by atoms with Crippen molar-refractivity contribution in [2.75, 3.05) is 6.54 Å². The maximum atomic E-state index is 12.3. The van der Waals surface area contributed by atoms with Crippen molar-refractivity contribution < 1.29 is 9.72 Å². The molecule has 23 heavy (non-hydrogen) atoms. The van der Waals surface area contributed by atoms with E-state index in [1.807, 2.05) is 61.5 Å². The zero-order valence-corrected chi connectivity index (χ0v) is 13.0. The second-order valence-electron chi connectivity index (χ2n) is 6.25. The summed E-state index contributed by atoms with van der Waals surface area (Å²) in [6.07, 6.45) is 0.481. The van der Waals surface area contributed by atoms with Crippen LogP contribution in [0.5, 0.6) is 0 Å². The smallest absolute Gasteiger partial charge is 0.211 e. The largest absolute Gasteiger partial charge is 0.299 e. The maximum absolute atomic E-state index is 12.3. The average molecular weight is 309 g/mol. The predicted octanol–water partition coefficient (Wildman–Crippen LogP) is 3.73. The fraction of sp³-hybridized carbons (Fsp3) is 0.316. The molecule has 3 rings (SSSR count). The summed E-state index contributed by atoms with van der Waals surface area (Å²) in [5.41, 5.74) is 3.14. The second-order valence-corrected chi connectivity index (χ2v) is 6.25. The molecular formula is C19H19NO3. The van der Waals surface area contributed by atoms with Crippen molar-refractivity contribution in [3.8, 4) is 0 Å². The van der Waals surface area contributed by atoms with E-state index in [0.717, 1.165) is 11.1 Å². The van der Waals surface area contributed by atoms with Crippen LogP contribution in [-0.4, -0.2) is 17.3 Å². The zero-order valence-electron chi connectivity index (χ0n) is 13.0. The van der Waals surface area contributed by atoms with Crippen molar-refractivity contribution in [3.63, 3.8) is 0 Å². The number of benzene rings is 2. The van der Waals surface area contributed by atoms with E-state index in [1.54, 1.807) is 0 Å². The molecule has 1 aliphatic rings. The molecule has 0 bridgehead atoms. The van der Waals surface area contributed by atoms with Gasteiger partial charge < -0.3 is 0 Å². The number of ketones is 1. The van der Waals surface area contributed by atoms with Crippen molar-refractivity contribution in [1.82, 2.24) is 0 Å². The lowest BCUT2D eigenvalue weighted by Crippen LogP contribution is -2.41. The third kappa shape index (κ3) is 3.16. The molecule has 0 radical (unpaired) electrons. The van der Waals surface area contributed by atoms with Gasteiger partial charge in [-0.1, -0.05) is 60.2 Å². The number of Topliss-reactive ketones (excluding diaryl/α,β-unsaturated/α-hetero) is 1. The van der Waals surface area contributed by atoms with Crippen LogP contribution in [0.4, 0.5) is 0 Å². The monoisotopic (exact) mass is 309 g/mol. The lowest BCUT2D eigenvalue weighted by molar-refractivity contribution is -0.484. The molecule has 0 aliphatic heterocycles. The molecule has 3 atom stereocenters. The second kappa shape index (κ2) is 6.32. The summed E-state index contributed by atoms with van der Waals surface area (Å²) < 4.78 is 0. The fourth-order valence-corrected chi connectivity index (χ4v) is 3.47. The van der Waals surface area contributed by atoms with E-state index in [0.29, 0.717) is 6.42 Å². The molecule has 2 aromatic rings. The summed E-state index contributed by atoms with van der Waals surface area (Å²) in [6.45, 7) is 1.81. The number of hydrogen-bond donors (Lipinski definition) is 0. The minimum Gasteiger partial charge on any atom is -0.299 e. The van der Waals surface area contributed by atoms with E-state index in [9.17, 15) is 14.9 Å². The lowest BCUT2D eigenvalue weighted by Gasteiger charge is -2.39. The van der Waals surface area contributed by atoms with E-state index in [4.69, 9.17) is 0 Å². The van der Waals surface area contributed by atoms with E-state index in [-0.39, 0.29) is 35.0 Å². The van der Waals surface area contributed by atoms with E-state index < -0.39 is 0 Å². The van der Waals surface area contributed by atoms with Crippen molar-refractivity contribution in [3.05, 3.63) is 81.4 Å². The number of rotatable bonds is 5. The fourth-order valence-electron chi connectivity index (χ4n) is 3.47. The van der Waals surface area contributed by atoms with Gasteiger partial charge in [-0.25, -0.2) is 0 Å². The van der Waals surface area contributed by atoms with Gasteiger partial charge in [-0.15, -0.1) is 0 Å². The molecule has 0 saturated heterocycles. The van der Waals surface area contributed by atoms with Crippen LogP contribution >= 0.6 is 0 Å². The molecule has 2 aromatic carbocycles. The normalized spacial score (nSPS) is 21.5.